The summed E-state index contributed by atoms with van der Waals surface area (Å²) < 4.78 is 0. The van der Waals surface area contributed by atoms with Crippen molar-refractivity contribution in [2.24, 2.45) is 5.73 Å². The molecule has 19 heavy (non-hydrogen) atoms. The van der Waals surface area contributed by atoms with E-state index in [1.165, 1.54) is 18.3 Å². The zero-order valence-electron chi connectivity index (χ0n) is 9.59. The zero-order valence-corrected chi connectivity index (χ0v) is 10.3. The van der Waals surface area contributed by atoms with Crippen molar-refractivity contribution >= 4 is 34.2 Å². The van der Waals surface area contributed by atoms with Gasteiger partial charge in [-0.1, -0.05) is 11.6 Å². The van der Waals surface area contributed by atoms with Gasteiger partial charge in [-0.15, -0.1) is 0 Å². The SMILES string of the molecule is N[C@@H](Cc1c[nH]c2c(Cl)ccc([N+](=O)[O-])c12)C(=O)O. The summed E-state index contributed by atoms with van der Waals surface area (Å²) in [6.45, 7) is 0. The molecule has 4 N–H and O–H groups in total. The van der Waals surface area contributed by atoms with E-state index in [9.17, 15) is 14.9 Å². The van der Waals surface area contributed by atoms with Crippen LogP contribution in [-0.4, -0.2) is 27.0 Å². The Kier molecular flexibility index (Phi) is 3.41. The number of fused-ring (bicyclic) bond motifs is 1. The van der Waals surface area contributed by atoms with Gasteiger partial charge in [0.25, 0.3) is 5.69 Å². The number of non-ortho nitro benzene ring substituents is 1. The van der Waals surface area contributed by atoms with Crippen LogP contribution < -0.4 is 5.73 Å². The van der Waals surface area contributed by atoms with Gasteiger partial charge in [-0.3, -0.25) is 14.9 Å². The lowest BCUT2D eigenvalue weighted by Crippen LogP contribution is -2.32. The van der Waals surface area contributed by atoms with Gasteiger partial charge >= 0.3 is 5.97 Å². The largest absolute Gasteiger partial charge is 0.480 e. The number of aromatic amines is 1. The Morgan fingerprint density at radius 1 is 1.58 bits per heavy atom. The summed E-state index contributed by atoms with van der Waals surface area (Å²) in [4.78, 5) is 24.0. The summed E-state index contributed by atoms with van der Waals surface area (Å²) in [5.74, 6) is -1.17. The van der Waals surface area contributed by atoms with Crippen LogP contribution in [0.25, 0.3) is 10.9 Å². The molecule has 0 aliphatic heterocycles. The second-order valence-corrected chi connectivity index (χ2v) is 4.44. The smallest absolute Gasteiger partial charge is 0.320 e. The minimum atomic E-state index is -1.17. The van der Waals surface area contributed by atoms with Crippen LogP contribution in [0.15, 0.2) is 18.3 Å². The van der Waals surface area contributed by atoms with Crippen molar-refractivity contribution in [3.63, 3.8) is 0 Å². The highest BCUT2D eigenvalue weighted by Gasteiger charge is 2.22. The summed E-state index contributed by atoms with van der Waals surface area (Å²) in [5.41, 5.74) is 6.18. The Morgan fingerprint density at radius 2 is 2.26 bits per heavy atom. The highest BCUT2D eigenvalue weighted by molar-refractivity contribution is 6.35. The normalized spacial score (nSPS) is 12.5. The van der Waals surface area contributed by atoms with Gasteiger partial charge in [0.15, 0.2) is 0 Å². The molecule has 0 aliphatic rings. The van der Waals surface area contributed by atoms with E-state index >= 15 is 0 Å². The number of nitrogens with zero attached hydrogens (tertiary/aromatic N) is 1. The molecule has 100 valence electrons. The molecule has 0 spiro atoms. The molecule has 0 bridgehead atoms. The number of H-pyrrole nitrogens is 1. The highest BCUT2D eigenvalue weighted by Crippen LogP contribution is 2.33. The van der Waals surface area contributed by atoms with Gasteiger partial charge in [-0.05, 0) is 11.6 Å². The molecule has 1 heterocycles. The summed E-state index contributed by atoms with van der Waals surface area (Å²) >= 11 is 5.94. The van der Waals surface area contributed by atoms with Gasteiger partial charge in [-0.2, -0.15) is 0 Å². The van der Waals surface area contributed by atoms with Gasteiger partial charge in [0.2, 0.25) is 0 Å². The van der Waals surface area contributed by atoms with Gasteiger partial charge in [0, 0.05) is 18.7 Å². The highest BCUT2D eigenvalue weighted by atomic mass is 35.5. The van der Waals surface area contributed by atoms with Crippen molar-refractivity contribution in [1.82, 2.24) is 4.98 Å². The van der Waals surface area contributed by atoms with Crippen molar-refractivity contribution in [2.75, 3.05) is 0 Å². The minimum Gasteiger partial charge on any atom is -0.480 e. The van der Waals surface area contributed by atoms with Crippen LogP contribution in [0.5, 0.6) is 0 Å². The van der Waals surface area contributed by atoms with Crippen molar-refractivity contribution in [3.8, 4) is 0 Å². The maximum atomic E-state index is 11.0. The van der Waals surface area contributed by atoms with Crippen molar-refractivity contribution < 1.29 is 14.8 Å². The number of nitro groups is 1. The number of nitrogens with one attached hydrogen (secondary N) is 1. The molecule has 0 radical (unpaired) electrons. The lowest BCUT2D eigenvalue weighted by atomic mass is 10.0. The van der Waals surface area contributed by atoms with Gasteiger partial charge in [0.1, 0.15) is 6.04 Å². The Labute approximate surface area is 112 Å². The number of rotatable bonds is 4. The third-order valence-electron chi connectivity index (χ3n) is 2.80. The number of carboxylic acids is 1. The first kappa shape index (κ1) is 13.3. The summed E-state index contributed by atoms with van der Waals surface area (Å²) in [5, 5.41) is 20.4. The molecule has 0 fully saturated rings. The minimum absolute atomic E-state index is 0.0173. The fourth-order valence-corrected chi connectivity index (χ4v) is 2.11. The fourth-order valence-electron chi connectivity index (χ4n) is 1.90. The van der Waals surface area contributed by atoms with Crippen LogP contribution in [0, 0.1) is 10.1 Å². The molecule has 1 aromatic heterocycles. The maximum Gasteiger partial charge on any atom is 0.320 e. The number of halogens is 1. The lowest BCUT2D eigenvalue weighted by molar-refractivity contribution is -0.383. The topological polar surface area (TPSA) is 122 Å². The number of aliphatic carboxylic acids is 1. The van der Waals surface area contributed by atoms with E-state index in [2.05, 4.69) is 4.98 Å². The Hall–Kier alpha value is -2.12. The van der Waals surface area contributed by atoms with E-state index < -0.39 is 16.9 Å². The quantitative estimate of drug-likeness (QED) is 0.582. The van der Waals surface area contributed by atoms with Gasteiger partial charge in [0.05, 0.1) is 20.8 Å². The van der Waals surface area contributed by atoms with Crippen molar-refractivity contribution in [3.05, 3.63) is 39.0 Å². The van der Waals surface area contributed by atoms with Crippen LogP contribution in [0.1, 0.15) is 5.56 Å². The number of carbonyl (C=O) groups is 1. The van der Waals surface area contributed by atoms with E-state index in [-0.39, 0.29) is 12.1 Å². The first-order valence-electron chi connectivity index (χ1n) is 5.33. The maximum absolute atomic E-state index is 11.0. The lowest BCUT2D eigenvalue weighted by Gasteiger charge is -2.05. The van der Waals surface area contributed by atoms with E-state index in [0.717, 1.165) is 0 Å². The van der Waals surface area contributed by atoms with Crippen molar-refractivity contribution in [2.45, 2.75) is 12.5 Å². The monoisotopic (exact) mass is 283 g/mol. The molecule has 8 heteroatoms. The zero-order chi connectivity index (χ0) is 14.2. The molecule has 1 aromatic carbocycles. The average Bonchev–Trinajstić information content (AvgIpc) is 2.74. The Bertz CT molecular complexity index is 667. The third kappa shape index (κ3) is 2.38. The molecule has 2 rings (SSSR count). The molecule has 0 aliphatic carbocycles. The predicted molar refractivity (Wildman–Crippen MR) is 69.3 cm³/mol. The summed E-state index contributed by atoms with van der Waals surface area (Å²) in [6, 6.07) is 1.57. The van der Waals surface area contributed by atoms with Crippen LogP contribution in [0.2, 0.25) is 5.02 Å². The summed E-state index contributed by atoms with van der Waals surface area (Å²) in [6.07, 6.45) is 1.48. The van der Waals surface area contributed by atoms with Crippen LogP contribution in [0.4, 0.5) is 5.69 Å². The number of nitrogens with two attached hydrogens (primary N) is 1. The molecule has 2 aromatic rings. The molecular weight excluding hydrogens is 274 g/mol. The number of benzene rings is 1. The number of aromatic nitrogens is 1. The van der Waals surface area contributed by atoms with Gasteiger partial charge < -0.3 is 15.8 Å². The standard InChI is InChI=1S/C11H10ClN3O4/c12-6-1-2-8(15(18)19)9-5(4-14-10(6)9)3-7(13)11(16)17/h1-2,4,7,14H,3,13H2,(H,16,17)/t7-/m0/s1. The second kappa shape index (κ2) is 4.87. The molecular formula is C11H10ClN3O4. The number of carboxylic acid groups (broad SMARTS) is 1. The molecule has 0 unspecified atom stereocenters. The molecule has 0 saturated heterocycles. The average molecular weight is 284 g/mol. The Morgan fingerprint density at radius 3 is 2.84 bits per heavy atom. The van der Waals surface area contributed by atoms with E-state index in [1.807, 2.05) is 0 Å². The molecule has 1 atom stereocenters. The number of hydrogen-bond donors (Lipinski definition) is 3. The summed E-state index contributed by atoms with van der Waals surface area (Å²) in [7, 11) is 0. The van der Waals surface area contributed by atoms with Crippen LogP contribution in [0.3, 0.4) is 0 Å². The third-order valence-corrected chi connectivity index (χ3v) is 3.11. The molecule has 0 amide bonds. The fraction of sp³-hybridized carbons (Fsp3) is 0.182. The number of hydrogen-bond acceptors (Lipinski definition) is 4. The predicted octanol–water partition coefficient (Wildman–Crippen LogP) is 1.68. The van der Waals surface area contributed by atoms with E-state index in [0.29, 0.717) is 21.5 Å². The van der Waals surface area contributed by atoms with Crippen LogP contribution >= 0.6 is 11.6 Å². The van der Waals surface area contributed by atoms with E-state index in [1.54, 1.807) is 0 Å². The molecule has 7 nitrogen and oxygen atoms in total. The van der Waals surface area contributed by atoms with E-state index in [4.69, 9.17) is 22.4 Å². The first-order chi connectivity index (χ1) is 8.91. The first-order valence-corrected chi connectivity index (χ1v) is 5.71. The molecule has 0 saturated carbocycles. The van der Waals surface area contributed by atoms with Crippen LogP contribution in [-0.2, 0) is 11.2 Å². The Balaban J connectivity index is 2.59. The van der Waals surface area contributed by atoms with Crippen molar-refractivity contribution in [1.29, 1.82) is 0 Å². The second-order valence-electron chi connectivity index (χ2n) is 4.04. The number of nitro benzene ring substituents is 1. The van der Waals surface area contributed by atoms with Gasteiger partial charge in [-0.25, -0.2) is 0 Å².